The third-order valence-corrected chi connectivity index (χ3v) is 8.49. The fraction of sp³-hybridized carbons (Fsp3) is 0.586. The first-order valence-electron chi connectivity index (χ1n) is 14.5. The first-order chi connectivity index (χ1) is 20.0. The molecule has 13 heteroatoms. The Morgan fingerprint density at radius 1 is 1.02 bits per heavy atom. The van der Waals surface area contributed by atoms with E-state index in [1.807, 2.05) is 16.7 Å². The summed E-state index contributed by atoms with van der Waals surface area (Å²) >= 11 is 0. The van der Waals surface area contributed by atoms with Gasteiger partial charge in [0.15, 0.2) is 5.69 Å². The molecule has 42 heavy (non-hydrogen) atoms. The fourth-order valence-electron chi connectivity index (χ4n) is 6.08. The van der Waals surface area contributed by atoms with Crippen LogP contribution in [0.2, 0.25) is 0 Å². The summed E-state index contributed by atoms with van der Waals surface area (Å²) in [5, 5.41) is 12.1. The minimum Gasteiger partial charge on any atom is -0.513 e. The van der Waals surface area contributed by atoms with Crippen molar-refractivity contribution in [3.8, 4) is 0 Å². The van der Waals surface area contributed by atoms with E-state index in [0.717, 1.165) is 38.5 Å². The van der Waals surface area contributed by atoms with Gasteiger partial charge < -0.3 is 29.5 Å². The Morgan fingerprint density at radius 3 is 2.31 bits per heavy atom. The van der Waals surface area contributed by atoms with Crippen LogP contribution in [0, 0.1) is 17.8 Å². The van der Waals surface area contributed by atoms with Gasteiger partial charge in [-0.2, -0.15) is 18.2 Å². The van der Waals surface area contributed by atoms with E-state index < -0.39 is 23.5 Å². The molecule has 4 heterocycles. The quantitative estimate of drug-likeness (QED) is 0.447. The molecule has 2 saturated heterocycles. The molecule has 228 valence electrons. The smallest absolute Gasteiger partial charge is 0.437 e. The highest BCUT2D eigenvalue weighted by Crippen LogP contribution is 2.36. The maximum Gasteiger partial charge on any atom is 0.437 e. The molecule has 2 amide bonds. The average molecular weight is 591 g/mol. The zero-order valence-corrected chi connectivity index (χ0v) is 23.7. The van der Waals surface area contributed by atoms with Crippen molar-refractivity contribution < 1.29 is 32.3 Å². The number of carbonyl (C=O) groups is 2. The number of aliphatic hydroxyl groups excluding tert-OH is 1. The number of nitrogens with zero attached hydrogens (tertiary/aromatic N) is 5. The molecular formula is C29H37F3N6O4. The normalized spacial score (nSPS) is 23.5. The summed E-state index contributed by atoms with van der Waals surface area (Å²) in [6, 6.07) is 3.05. The van der Waals surface area contributed by atoms with E-state index in [4.69, 9.17) is 4.42 Å². The number of oxazole rings is 1. The molecule has 0 aromatic carbocycles. The molecule has 2 aromatic rings. The van der Waals surface area contributed by atoms with Gasteiger partial charge in [0.05, 0.1) is 17.6 Å². The molecule has 5 rings (SSSR count). The maximum absolute atomic E-state index is 13.7. The van der Waals surface area contributed by atoms with Gasteiger partial charge in [-0.15, -0.1) is 0 Å². The highest BCUT2D eigenvalue weighted by atomic mass is 19.4. The van der Waals surface area contributed by atoms with Gasteiger partial charge in [-0.3, -0.25) is 9.59 Å². The zero-order valence-electron chi connectivity index (χ0n) is 23.7. The second kappa shape index (κ2) is 12.2. The number of aliphatic hydroxyl groups is 1. The fourth-order valence-corrected chi connectivity index (χ4v) is 6.08. The van der Waals surface area contributed by atoms with E-state index in [2.05, 4.69) is 21.9 Å². The predicted octanol–water partition coefficient (Wildman–Crippen LogP) is 5.10. The van der Waals surface area contributed by atoms with Gasteiger partial charge in [-0.05, 0) is 56.6 Å². The van der Waals surface area contributed by atoms with Crippen molar-refractivity contribution in [2.24, 2.45) is 17.8 Å². The van der Waals surface area contributed by atoms with Gasteiger partial charge in [0.2, 0.25) is 11.7 Å². The number of piperidine rings is 1. The molecule has 10 nitrogen and oxygen atoms in total. The highest BCUT2D eigenvalue weighted by molar-refractivity contribution is 6.03. The SMILES string of the molecule is C=C(O)[C@H]1CC[C@H](C(=O)N2CCN(c3ccc(NC(=O)c4oc(N5CCCC(C)C5)nc4C(F)(F)F)cn3)CC2)CC1. The molecule has 1 unspecified atom stereocenters. The molecule has 2 N–H and O–H groups in total. The van der Waals surface area contributed by atoms with Crippen LogP contribution in [0.1, 0.15) is 61.7 Å². The molecule has 3 fully saturated rings. The number of piperazine rings is 1. The van der Waals surface area contributed by atoms with Crippen LogP contribution < -0.4 is 15.1 Å². The summed E-state index contributed by atoms with van der Waals surface area (Å²) in [7, 11) is 0. The highest BCUT2D eigenvalue weighted by Gasteiger charge is 2.42. The first-order valence-corrected chi connectivity index (χ1v) is 14.5. The lowest BCUT2D eigenvalue weighted by Gasteiger charge is -2.38. The van der Waals surface area contributed by atoms with Crippen molar-refractivity contribution in [1.82, 2.24) is 14.9 Å². The summed E-state index contributed by atoms with van der Waals surface area (Å²) < 4.78 is 46.5. The van der Waals surface area contributed by atoms with Gasteiger partial charge in [-0.25, -0.2) is 4.98 Å². The van der Waals surface area contributed by atoms with Crippen molar-refractivity contribution in [2.75, 3.05) is 54.4 Å². The predicted molar refractivity (Wildman–Crippen MR) is 150 cm³/mol. The van der Waals surface area contributed by atoms with E-state index in [9.17, 15) is 27.9 Å². The van der Waals surface area contributed by atoms with Crippen LogP contribution in [0.5, 0.6) is 0 Å². The third kappa shape index (κ3) is 6.65. The lowest BCUT2D eigenvalue weighted by Crippen LogP contribution is -2.51. The topological polar surface area (TPSA) is 115 Å². The molecule has 0 spiro atoms. The van der Waals surface area contributed by atoms with Crippen molar-refractivity contribution in [3.05, 3.63) is 42.1 Å². The number of amides is 2. The second-order valence-electron chi connectivity index (χ2n) is 11.6. The molecule has 1 saturated carbocycles. The largest absolute Gasteiger partial charge is 0.513 e. The van der Waals surface area contributed by atoms with Crippen LogP contribution in [0.3, 0.4) is 0 Å². The van der Waals surface area contributed by atoms with E-state index in [-0.39, 0.29) is 41.1 Å². The average Bonchev–Trinajstić information content (AvgIpc) is 3.44. The molecule has 1 aliphatic carbocycles. The van der Waals surface area contributed by atoms with Crippen molar-refractivity contribution in [3.63, 3.8) is 0 Å². The number of nitrogens with one attached hydrogen (secondary N) is 1. The van der Waals surface area contributed by atoms with Crippen LogP contribution in [0.15, 0.2) is 35.1 Å². The minimum atomic E-state index is -4.85. The number of alkyl halides is 3. The number of hydrogen-bond donors (Lipinski definition) is 2. The molecule has 2 aliphatic heterocycles. The Hall–Kier alpha value is -3.77. The number of hydrogen-bond acceptors (Lipinski definition) is 8. The Morgan fingerprint density at radius 2 is 1.71 bits per heavy atom. The summed E-state index contributed by atoms with van der Waals surface area (Å²) in [4.78, 5) is 39.4. The second-order valence-corrected chi connectivity index (χ2v) is 11.6. The molecule has 0 radical (unpaired) electrons. The van der Waals surface area contributed by atoms with Crippen molar-refractivity contribution >= 4 is 29.3 Å². The van der Waals surface area contributed by atoms with Crippen LogP contribution in [0.4, 0.5) is 30.7 Å². The van der Waals surface area contributed by atoms with Crippen molar-refractivity contribution in [1.29, 1.82) is 0 Å². The number of halogens is 3. The Balaban J connectivity index is 1.17. The Kier molecular flexibility index (Phi) is 8.65. The number of rotatable bonds is 6. The monoisotopic (exact) mass is 590 g/mol. The molecule has 1 atom stereocenters. The minimum absolute atomic E-state index is 0.0325. The summed E-state index contributed by atoms with van der Waals surface area (Å²) in [6.45, 7) is 8.91. The van der Waals surface area contributed by atoms with Crippen LogP contribution in [-0.4, -0.2) is 71.1 Å². The Bertz CT molecular complexity index is 1280. The number of allylic oxidation sites excluding steroid dienone is 1. The van der Waals surface area contributed by atoms with Gasteiger partial charge >= 0.3 is 6.18 Å². The molecule has 3 aliphatic rings. The zero-order chi connectivity index (χ0) is 30.0. The first kappa shape index (κ1) is 29.7. The summed E-state index contributed by atoms with van der Waals surface area (Å²) in [5.41, 5.74) is -1.13. The van der Waals surface area contributed by atoms with E-state index in [0.29, 0.717) is 45.1 Å². The van der Waals surface area contributed by atoms with Gasteiger partial charge in [0.25, 0.3) is 11.9 Å². The van der Waals surface area contributed by atoms with E-state index in [1.165, 1.54) is 6.20 Å². The Labute approximate surface area is 242 Å². The summed E-state index contributed by atoms with van der Waals surface area (Å²) in [5.74, 6) is -0.619. The number of pyridine rings is 1. The molecular weight excluding hydrogens is 553 g/mol. The van der Waals surface area contributed by atoms with Gasteiger partial charge in [0.1, 0.15) is 5.82 Å². The van der Waals surface area contributed by atoms with Gasteiger partial charge in [0, 0.05) is 51.1 Å². The van der Waals surface area contributed by atoms with Crippen LogP contribution in [0.25, 0.3) is 0 Å². The lowest BCUT2D eigenvalue weighted by atomic mass is 9.80. The lowest BCUT2D eigenvalue weighted by molar-refractivity contribution is -0.141. The van der Waals surface area contributed by atoms with Crippen molar-refractivity contribution in [2.45, 2.75) is 51.6 Å². The van der Waals surface area contributed by atoms with E-state index >= 15 is 0 Å². The third-order valence-electron chi connectivity index (χ3n) is 8.49. The number of anilines is 3. The number of carbonyl (C=O) groups excluding carboxylic acids is 2. The van der Waals surface area contributed by atoms with Crippen LogP contribution >= 0.6 is 0 Å². The van der Waals surface area contributed by atoms with Crippen LogP contribution in [-0.2, 0) is 11.0 Å². The standard InChI is InChI=1S/C29H37F3N6O4/c1-18-4-3-11-38(17-18)28-35-25(29(30,31)32)24(42-28)26(40)34-22-9-10-23(33-16-22)36-12-14-37(15-13-36)27(41)21-7-5-20(6-8-21)19(2)39/h9-10,16,18,20-21,39H,2-8,11-15,17H2,1H3,(H,34,40)/t18?,20-,21-. The number of aromatic nitrogens is 2. The van der Waals surface area contributed by atoms with Gasteiger partial charge in [-0.1, -0.05) is 13.5 Å². The molecule has 2 aromatic heterocycles. The molecule has 0 bridgehead atoms. The summed E-state index contributed by atoms with van der Waals surface area (Å²) in [6.07, 6.45) is 1.34. The maximum atomic E-state index is 13.7. The van der Waals surface area contributed by atoms with E-state index in [1.54, 1.807) is 17.0 Å².